The first-order chi connectivity index (χ1) is 27.7. The predicted octanol–water partition coefficient (Wildman–Crippen LogP) is 11.2. The highest BCUT2D eigenvalue weighted by Gasteiger charge is 2.41. The summed E-state index contributed by atoms with van der Waals surface area (Å²) in [6, 6.07) is 59.1. The van der Waals surface area contributed by atoms with Crippen molar-refractivity contribution in [3.05, 3.63) is 193 Å². The molecule has 4 heterocycles. The summed E-state index contributed by atoms with van der Waals surface area (Å²) >= 11 is 0. The van der Waals surface area contributed by atoms with E-state index in [1.54, 1.807) is 0 Å². The minimum absolute atomic E-state index is 0.192. The maximum Gasteiger partial charge on any atom is 0.168 e. The van der Waals surface area contributed by atoms with Crippen LogP contribution in [-0.2, 0) is 0 Å². The summed E-state index contributed by atoms with van der Waals surface area (Å²) < 4.78 is 13.1. The Morgan fingerprint density at radius 1 is 0.446 bits per heavy atom. The van der Waals surface area contributed by atoms with E-state index in [1.807, 2.05) is 109 Å². The van der Waals surface area contributed by atoms with E-state index in [2.05, 4.69) is 66.7 Å². The lowest BCUT2D eigenvalue weighted by Crippen LogP contribution is -2.33. The van der Waals surface area contributed by atoms with Crippen molar-refractivity contribution in [1.29, 1.82) is 0 Å². The second kappa shape index (κ2) is 13.1. The molecule has 0 fully saturated rings. The van der Waals surface area contributed by atoms with Gasteiger partial charge in [-0.3, -0.25) is 4.99 Å². The topological polar surface area (TPSA) is 85.8 Å². The summed E-state index contributed by atoms with van der Waals surface area (Å²) in [6.07, 6.45) is -0.289. The molecule has 0 saturated carbocycles. The van der Waals surface area contributed by atoms with E-state index in [9.17, 15) is 0 Å². The van der Waals surface area contributed by atoms with Crippen LogP contribution in [-0.4, -0.2) is 32.6 Å². The van der Waals surface area contributed by atoms with Crippen LogP contribution < -0.4 is 4.74 Å². The normalized spacial score (nSPS) is 15.9. The lowest BCUT2D eigenvalue weighted by atomic mass is 9.94. The van der Waals surface area contributed by atoms with Gasteiger partial charge in [-0.2, -0.15) is 0 Å². The average Bonchev–Trinajstić information content (AvgIpc) is 3.85. The molecular formula is C49H31N5O2. The summed E-state index contributed by atoms with van der Waals surface area (Å²) in [6.45, 7) is 0. The van der Waals surface area contributed by atoms with Crippen molar-refractivity contribution in [2.75, 3.05) is 0 Å². The third-order valence-corrected chi connectivity index (χ3v) is 10.5. The lowest BCUT2D eigenvalue weighted by Gasteiger charge is -2.24. The Kier molecular flexibility index (Phi) is 7.48. The van der Waals surface area contributed by atoms with Gasteiger partial charge in [0.1, 0.15) is 23.0 Å². The number of aliphatic imine (C=N–C) groups is 2. The molecule has 7 heteroatoms. The molecule has 11 rings (SSSR count). The van der Waals surface area contributed by atoms with Crippen LogP contribution in [0.4, 0.5) is 0 Å². The van der Waals surface area contributed by atoms with E-state index in [0.29, 0.717) is 23.3 Å². The predicted molar refractivity (Wildman–Crippen MR) is 222 cm³/mol. The molecule has 7 nitrogen and oxygen atoms in total. The quantitative estimate of drug-likeness (QED) is 0.171. The molecule has 0 radical (unpaired) electrons. The van der Waals surface area contributed by atoms with Gasteiger partial charge in [0.2, 0.25) is 0 Å². The van der Waals surface area contributed by atoms with Crippen molar-refractivity contribution in [1.82, 2.24) is 15.0 Å². The second-order valence-electron chi connectivity index (χ2n) is 14.0. The maximum atomic E-state index is 6.64. The van der Waals surface area contributed by atoms with Gasteiger partial charge in [0, 0.05) is 44.2 Å². The Morgan fingerprint density at radius 2 is 1.05 bits per heavy atom. The lowest BCUT2D eigenvalue weighted by molar-refractivity contribution is 0.275. The molecule has 9 aromatic rings. The van der Waals surface area contributed by atoms with E-state index in [1.165, 1.54) is 0 Å². The zero-order valence-electron chi connectivity index (χ0n) is 30.0. The molecule has 2 aliphatic heterocycles. The molecular weight excluding hydrogens is 691 g/mol. The van der Waals surface area contributed by atoms with Gasteiger partial charge in [-0.15, -0.1) is 0 Å². The van der Waals surface area contributed by atoms with E-state index >= 15 is 0 Å². The smallest absolute Gasteiger partial charge is 0.168 e. The average molecular weight is 722 g/mol. The molecule has 0 amide bonds. The van der Waals surface area contributed by atoms with Crippen LogP contribution in [0, 0.1) is 0 Å². The fourth-order valence-corrected chi connectivity index (χ4v) is 7.78. The highest BCUT2D eigenvalue weighted by molar-refractivity contribution is 6.17. The molecule has 0 N–H and O–H groups in total. The van der Waals surface area contributed by atoms with Crippen LogP contribution in [0.25, 0.3) is 67.2 Å². The van der Waals surface area contributed by atoms with Gasteiger partial charge in [-0.05, 0) is 41.5 Å². The van der Waals surface area contributed by atoms with Crippen LogP contribution in [0.3, 0.4) is 0 Å². The number of fused-ring (bicyclic) bond motifs is 6. The number of hydrogen-bond donors (Lipinski definition) is 0. The molecule has 7 aromatic carbocycles. The number of benzene rings is 7. The number of furan rings is 1. The van der Waals surface area contributed by atoms with Gasteiger partial charge in [-0.25, -0.2) is 19.9 Å². The fourth-order valence-electron chi connectivity index (χ4n) is 7.78. The number of amidine groups is 1. The highest BCUT2D eigenvalue weighted by Crippen LogP contribution is 2.43. The van der Waals surface area contributed by atoms with Gasteiger partial charge in [0.15, 0.2) is 29.4 Å². The van der Waals surface area contributed by atoms with Crippen molar-refractivity contribution >= 4 is 33.5 Å². The van der Waals surface area contributed by atoms with Crippen molar-refractivity contribution in [2.24, 2.45) is 9.98 Å². The molecule has 2 aromatic heterocycles. The third kappa shape index (κ3) is 5.48. The summed E-state index contributed by atoms with van der Waals surface area (Å²) in [7, 11) is 0. The fraction of sp³-hybridized carbons (Fsp3) is 0.0408. The second-order valence-corrected chi connectivity index (χ2v) is 14.0. The van der Waals surface area contributed by atoms with Gasteiger partial charge < -0.3 is 9.15 Å². The van der Waals surface area contributed by atoms with Gasteiger partial charge in [0.25, 0.3) is 0 Å². The summed E-state index contributed by atoms with van der Waals surface area (Å²) in [4.78, 5) is 25.2. The first-order valence-electron chi connectivity index (χ1n) is 18.6. The van der Waals surface area contributed by atoms with Crippen molar-refractivity contribution < 1.29 is 9.15 Å². The first-order valence-corrected chi connectivity index (χ1v) is 18.6. The molecule has 56 heavy (non-hydrogen) atoms. The van der Waals surface area contributed by atoms with Crippen LogP contribution in [0.2, 0.25) is 0 Å². The van der Waals surface area contributed by atoms with Gasteiger partial charge >= 0.3 is 0 Å². The van der Waals surface area contributed by atoms with Crippen LogP contribution in [0.1, 0.15) is 22.7 Å². The van der Waals surface area contributed by atoms with E-state index in [0.717, 1.165) is 77.9 Å². The number of hydrogen-bond acceptors (Lipinski definition) is 7. The van der Waals surface area contributed by atoms with E-state index in [4.69, 9.17) is 34.1 Å². The Bertz CT molecular complexity index is 2950. The van der Waals surface area contributed by atoms with Gasteiger partial charge in [0.05, 0.1) is 5.71 Å². The maximum absolute atomic E-state index is 6.64. The van der Waals surface area contributed by atoms with Crippen molar-refractivity contribution in [3.63, 3.8) is 0 Å². The molecule has 264 valence electrons. The van der Waals surface area contributed by atoms with E-state index < -0.39 is 0 Å². The molecule has 0 spiro atoms. The Balaban J connectivity index is 1.00. The third-order valence-electron chi connectivity index (χ3n) is 10.5. The highest BCUT2D eigenvalue weighted by atomic mass is 16.5. The monoisotopic (exact) mass is 721 g/mol. The molecule has 2 atom stereocenters. The number of rotatable bonds is 6. The summed E-state index contributed by atoms with van der Waals surface area (Å²) in [5.74, 6) is 3.37. The van der Waals surface area contributed by atoms with Crippen LogP contribution >= 0.6 is 0 Å². The molecule has 0 aliphatic carbocycles. The zero-order chi connectivity index (χ0) is 37.0. The number of nitrogens with zero attached hydrogens (tertiary/aromatic N) is 5. The summed E-state index contributed by atoms with van der Waals surface area (Å²) in [5, 5.41) is 1.99. The molecule has 2 unspecified atom stereocenters. The van der Waals surface area contributed by atoms with Crippen molar-refractivity contribution in [3.8, 4) is 51.0 Å². The molecule has 0 saturated heterocycles. The standard InChI is InChI=1S/C49H31N5O2/c1-4-14-30(15-5-1)42-45-43(38-22-10-11-25-40(38)56-45)51-48(50-42)34-21-12-20-33(28-34)36-23-13-24-37-39-29-35(26-27-41(39)55-44(36)37)49-53-46(31-16-6-2-7-17-31)52-47(54-49)32-18-8-3-9-19-32/h1-29,43,45H. The van der Waals surface area contributed by atoms with Gasteiger partial charge in [-0.1, -0.05) is 146 Å². The minimum atomic E-state index is -0.289. The minimum Gasteiger partial charge on any atom is -0.481 e. The number of ether oxygens (including phenoxy) is 1. The molecule has 2 aliphatic rings. The summed E-state index contributed by atoms with van der Waals surface area (Å²) in [5.41, 5.74) is 10.2. The Hall–Kier alpha value is -7.51. The number of para-hydroxylation sites is 2. The SMILES string of the molecule is c1ccc(C2=NC(c3cccc(-c4cccc5c4oc4ccc(-c6nc(-c7ccccc7)nc(-c7ccccc7)n6)cc45)c3)=NC3c4ccccc4OC23)cc1. The largest absolute Gasteiger partial charge is 0.481 e. The molecule has 0 bridgehead atoms. The van der Waals surface area contributed by atoms with Crippen molar-refractivity contribution in [2.45, 2.75) is 12.1 Å². The zero-order valence-corrected chi connectivity index (χ0v) is 30.0. The first kappa shape index (κ1) is 32.0. The van der Waals surface area contributed by atoms with Crippen LogP contribution in [0.5, 0.6) is 5.75 Å². The van der Waals surface area contributed by atoms with E-state index in [-0.39, 0.29) is 12.1 Å². The Morgan fingerprint density at radius 3 is 1.79 bits per heavy atom. The Labute approximate surface area is 322 Å². The number of aromatic nitrogens is 3. The van der Waals surface area contributed by atoms with Crippen LogP contribution in [0.15, 0.2) is 190 Å².